The van der Waals surface area contributed by atoms with Gasteiger partial charge in [0.15, 0.2) is 6.61 Å². The van der Waals surface area contributed by atoms with Crippen molar-refractivity contribution in [2.75, 3.05) is 13.2 Å². The van der Waals surface area contributed by atoms with Crippen LogP contribution in [0, 0.1) is 0 Å². The van der Waals surface area contributed by atoms with Crippen LogP contribution < -0.4 is 4.74 Å². The molecule has 0 aliphatic rings. The normalized spacial score (nSPS) is 10.3. The molecule has 0 atom stereocenters. The summed E-state index contributed by atoms with van der Waals surface area (Å²) in [6, 6.07) is 7.86. The monoisotopic (exact) mass is 320 g/mol. The van der Waals surface area contributed by atoms with Crippen LogP contribution in [0.5, 0.6) is 5.75 Å². The quantitative estimate of drug-likeness (QED) is 0.430. The zero-order chi connectivity index (χ0) is 16.9. The molecule has 23 heavy (non-hydrogen) atoms. The number of rotatable bonds is 12. The Morgan fingerprint density at radius 1 is 1.04 bits per heavy atom. The number of aryl methyl sites for hydroxylation is 1. The van der Waals surface area contributed by atoms with E-state index in [-0.39, 0.29) is 18.4 Å². The summed E-state index contributed by atoms with van der Waals surface area (Å²) < 4.78 is 10.3. The molecule has 0 aliphatic carbocycles. The van der Waals surface area contributed by atoms with E-state index in [4.69, 9.17) is 9.47 Å². The smallest absolute Gasteiger partial charge is 0.344 e. The van der Waals surface area contributed by atoms with E-state index in [2.05, 4.69) is 6.07 Å². The predicted octanol–water partition coefficient (Wildman–Crippen LogP) is 4.10. The van der Waals surface area contributed by atoms with Crippen LogP contribution in [0.4, 0.5) is 0 Å². The fraction of sp³-hybridized carbons (Fsp3) is 0.579. The number of hydrogen-bond acceptors (Lipinski definition) is 4. The number of hydrogen-bond donors (Lipinski definition) is 0. The average molecular weight is 320 g/mol. The lowest BCUT2D eigenvalue weighted by Gasteiger charge is -2.08. The lowest BCUT2D eigenvalue weighted by Crippen LogP contribution is -2.14. The molecule has 0 N–H and O–H groups in total. The molecule has 4 nitrogen and oxygen atoms in total. The number of benzene rings is 1. The third-order valence-electron chi connectivity index (χ3n) is 3.55. The first-order chi connectivity index (χ1) is 11.1. The van der Waals surface area contributed by atoms with Gasteiger partial charge in [-0.25, -0.2) is 4.79 Å². The molecule has 1 aromatic rings. The van der Waals surface area contributed by atoms with E-state index in [9.17, 15) is 9.59 Å². The second kappa shape index (κ2) is 11.7. The highest BCUT2D eigenvalue weighted by molar-refractivity contribution is 5.75. The van der Waals surface area contributed by atoms with Gasteiger partial charge in [0.25, 0.3) is 0 Å². The number of ether oxygens (including phenoxy) is 2. The van der Waals surface area contributed by atoms with Crippen LogP contribution in [0.25, 0.3) is 0 Å². The van der Waals surface area contributed by atoms with E-state index in [1.54, 1.807) is 13.8 Å². The maximum atomic E-state index is 11.3. The van der Waals surface area contributed by atoms with Gasteiger partial charge in [0, 0.05) is 6.42 Å². The fourth-order valence-electron chi connectivity index (χ4n) is 2.37. The molecule has 0 saturated heterocycles. The SMILES string of the molecule is CCOC(=O)COc1cccc(CCCCCCCC(C)=O)c1. The van der Waals surface area contributed by atoms with E-state index in [0.717, 1.165) is 25.7 Å². The zero-order valence-corrected chi connectivity index (χ0v) is 14.3. The molecule has 0 saturated carbocycles. The highest BCUT2D eigenvalue weighted by Gasteiger charge is 2.03. The van der Waals surface area contributed by atoms with Crippen LogP contribution in [0.15, 0.2) is 24.3 Å². The Labute approximate surface area is 139 Å². The van der Waals surface area contributed by atoms with Crippen LogP contribution in [0.1, 0.15) is 57.9 Å². The molecule has 0 aromatic heterocycles. The van der Waals surface area contributed by atoms with Crippen LogP contribution >= 0.6 is 0 Å². The minimum atomic E-state index is -0.344. The Morgan fingerprint density at radius 2 is 1.78 bits per heavy atom. The van der Waals surface area contributed by atoms with Crippen molar-refractivity contribution in [2.45, 2.75) is 58.8 Å². The lowest BCUT2D eigenvalue weighted by atomic mass is 10.0. The highest BCUT2D eigenvalue weighted by atomic mass is 16.6. The van der Waals surface area contributed by atoms with Gasteiger partial charge in [-0.3, -0.25) is 0 Å². The molecule has 0 bridgehead atoms. The molecule has 0 unspecified atom stereocenters. The molecule has 1 rings (SSSR count). The Kier molecular flexibility index (Phi) is 9.76. The molecule has 0 radical (unpaired) electrons. The van der Waals surface area contributed by atoms with Gasteiger partial charge in [-0.05, 0) is 50.8 Å². The molecule has 1 aromatic carbocycles. The molecule has 0 heterocycles. The second-order valence-electron chi connectivity index (χ2n) is 5.71. The topological polar surface area (TPSA) is 52.6 Å². The molecule has 128 valence electrons. The average Bonchev–Trinajstić information content (AvgIpc) is 2.52. The zero-order valence-electron chi connectivity index (χ0n) is 14.3. The lowest BCUT2D eigenvalue weighted by molar-refractivity contribution is -0.145. The van der Waals surface area contributed by atoms with Crippen molar-refractivity contribution in [3.8, 4) is 5.75 Å². The predicted molar refractivity (Wildman–Crippen MR) is 90.7 cm³/mol. The van der Waals surface area contributed by atoms with Crippen LogP contribution in [-0.4, -0.2) is 25.0 Å². The number of esters is 1. The van der Waals surface area contributed by atoms with Gasteiger partial charge in [0.2, 0.25) is 0 Å². The maximum absolute atomic E-state index is 11.3. The summed E-state index contributed by atoms with van der Waals surface area (Å²) >= 11 is 0. The Bertz CT molecular complexity index is 482. The van der Waals surface area contributed by atoms with Gasteiger partial charge in [0.05, 0.1) is 6.61 Å². The summed E-state index contributed by atoms with van der Waals surface area (Å²) in [4.78, 5) is 22.1. The maximum Gasteiger partial charge on any atom is 0.344 e. The Morgan fingerprint density at radius 3 is 2.52 bits per heavy atom. The van der Waals surface area contributed by atoms with Crippen molar-refractivity contribution in [1.29, 1.82) is 0 Å². The van der Waals surface area contributed by atoms with Crippen molar-refractivity contribution in [1.82, 2.24) is 0 Å². The van der Waals surface area contributed by atoms with E-state index in [1.807, 2.05) is 18.2 Å². The fourth-order valence-corrected chi connectivity index (χ4v) is 2.37. The van der Waals surface area contributed by atoms with E-state index in [0.29, 0.717) is 18.8 Å². The minimum Gasteiger partial charge on any atom is -0.482 e. The van der Waals surface area contributed by atoms with Gasteiger partial charge < -0.3 is 14.3 Å². The van der Waals surface area contributed by atoms with Gasteiger partial charge >= 0.3 is 5.97 Å². The number of Topliss-reactive ketones (excluding diaryl/α,β-unsaturated/α-hetero) is 1. The van der Waals surface area contributed by atoms with E-state index >= 15 is 0 Å². The number of carbonyl (C=O) groups is 2. The van der Waals surface area contributed by atoms with Crippen molar-refractivity contribution in [3.63, 3.8) is 0 Å². The number of unbranched alkanes of at least 4 members (excludes halogenated alkanes) is 4. The summed E-state index contributed by atoms with van der Waals surface area (Å²) in [5.41, 5.74) is 1.22. The first-order valence-corrected chi connectivity index (χ1v) is 8.48. The summed E-state index contributed by atoms with van der Waals surface area (Å²) in [6.45, 7) is 3.75. The molecule has 0 spiro atoms. The molecular formula is C19H28O4. The Balaban J connectivity index is 2.20. The molecular weight excluding hydrogens is 292 g/mol. The van der Waals surface area contributed by atoms with Gasteiger partial charge in [-0.15, -0.1) is 0 Å². The minimum absolute atomic E-state index is 0.0482. The van der Waals surface area contributed by atoms with E-state index < -0.39 is 0 Å². The van der Waals surface area contributed by atoms with Crippen molar-refractivity contribution < 1.29 is 19.1 Å². The Hall–Kier alpha value is -1.84. The first kappa shape index (κ1) is 19.2. The third-order valence-corrected chi connectivity index (χ3v) is 3.55. The van der Waals surface area contributed by atoms with Crippen molar-refractivity contribution in [2.24, 2.45) is 0 Å². The standard InChI is InChI=1S/C19H28O4/c1-3-22-19(21)15-23-18-13-9-12-17(14-18)11-8-6-4-5-7-10-16(2)20/h9,12-14H,3-8,10-11,15H2,1-2H3. The number of carbonyl (C=O) groups excluding carboxylic acids is 2. The van der Waals surface area contributed by atoms with Crippen molar-refractivity contribution in [3.05, 3.63) is 29.8 Å². The second-order valence-corrected chi connectivity index (χ2v) is 5.71. The van der Waals surface area contributed by atoms with Gasteiger partial charge in [0.1, 0.15) is 11.5 Å². The van der Waals surface area contributed by atoms with Crippen LogP contribution in [-0.2, 0) is 20.7 Å². The molecule has 0 aliphatic heterocycles. The van der Waals surface area contributed by atoms with Crippen LogP contribution in [0.2, 0.25) is 0 Å². The summed E-state index contributed by atoms with van der Waals surface area (Å²) in [7, 11) is 0. The summed E-state index contributed by atoms with van der Waals surface area (Å²) in [5, 5.41) is 0. The summed E-state index contributed by atoms with van der Waals surface area (Å²) in [6.07, 6.45) is 7.32. The molecule has 0 amide bonds. The van der Waals surface area contributed by atoms with Crippen LogP contribution in [0.3, 0.4) is 0 Å². The molecule has 0 fully saturated rings. The first-order valence-electron chi connectivity index (χ1n) is 8.48. The number of ketones is 1. The van der Waals surface area contributed by atoms with Gasteiger partial charge in [-0.2, -0.15) is 0 Å². The van der Waals surface area contributed by atoms with Gasteiger partial charge in [-0.1, -0.05) is 31.4 Å². The van der Waals surface area contributed by atoms with E-state index in [1.165, 1.54) is 18.4 Å². The largest absolute Gasteiger partial charge is 0.482 e. The third kappa shape index (κ3) is 9.72. The molecule has 4 heteroatoms. The summed E-state index contributed by atoms with van der Waals surface area (Å²) in [5.74, 6) is 0.644. The van der Waals surface area contributed by atoms with Crippen molar-refractivity contribution >= 4 is 11.8 Å². The highest BCUT2D eigenvalue weighted by Crippen LogP contribution is 2.16.